The van der Waals surface area contributed by atoms with Crippen LogP contribution in [-0.2, 0) is 6.54 Å². The molecule has 1 unspecified atom stereocenters. The molecule has 1 amide bonds. The molecule has 3 N–H and O–H groups in total. The van der Waals surface area contributed by atoms with Crippen LogP contribution in [-0.4, -0.2) is 59.0 Å². The molecule has 0 saturated carbocycles. The standard InChI is InChI=1S/C10H20N6O/c1-8(15(2)3)6-12-10(17)9-7-16(5-4-11)14-13-9/h7-8H,4-6,11H2,1-3H3,(H,12,17). The maximum Gasteiger partial charge on any atom is 0.273 e. The number of carbonyl (C=O) groups is 1. The third kappa shape index (κ3) is 4.12. The van der Waals surface area contributed by atoms with Crippen LogP contribution in [0.1, 0.15) is 17.4 Å². The Morgan fingerprint density at radius 1 is 1.65 bits per heavy atom. The highest BCUT2D eigenvalue weighted by atomic mass is 16.2. The van der Waals surface area contributed by atoms with Crippen LogP contribution in [0.15, 0.2) is 6.20 Å². The third-order valence-electron chi connectivity index (χ3n) is 2.57. The number of amides is 1. The number of nitrogens with one attached hydrogen (secondary N) is 1. The van der Waals surface area contributed by atoms with Gasteiger partial charge in [-0.2, -0.15) is 0 Å². The second kappa shape index (κ2) is 6.31. The van der Waals surface area contributed by atoms with Crippen molar-refractivity contribution >= 4 is 5.91 Å². The molecule has 1 heterocycles. The first-order valence-corrected chi connectivity index (χ1v) is 5.59. The summed E-state index contributed by atoms with van der Waals surface area (Å²) in [6.07, 6.45) is 1.60. The lowest BCUT2D eigenvalue weighted by Crippen LogP contribution is -2.38. The Balaban J connectivity index is 2.46. The topological polar surface area (TPSA) is 89.1 Å². The molecule has 0 spiro atoms. The number of hydrogen-bond acceptors (Lipinski definition) is 5. The maximum absolute atomic E-state index is 11.7. The highest BCUT2D eigenvalue weighted by Crippen LogP contribution is 1.94. The number of carbonyl (C=O) groups excluding carboxylic acids is 1. The Bertz CT molecular complexity index is 361. The van der Waals surface area contributed by atoms with Crippen LogP contribution in [0, 0.1) is 0 Å². The summed E-state index contributed by atoms with van der Waals surface area (Å²) in [5, 5.41) is 10.4. The van der Waals surface area contributed by atoms with E-state index in [9.17, 15) is 4.79 Å². The number of rotatable bonds is 6. The van der Waals surface area contributed by atoms with Crippen molar-refractivity contribution in [2.24, 2.45) is 5.73 Å². The average molecular weight is 240 g/mol. The molecule has 0 aliphatic heterocycles. The van der Waals surface area contributed by atoms with Gasteiger partial charge in [0.25, 0.3) is 5.91 Å². The van der Waals surface area contributed by atoms with E-state index in [2.05, 4.69) is 15.6 Å². The maximum atomic E-state index is 11.7. The average Bonchev–Trinajstić information content (AvgIpc) is 2.74. The van der Waals surface area contributed by atoms with Gasteiger partial charge in [-0.25, -0.2) is 0 Å². The van der Waals surface area contributed by atoms with Crippen LogP contribution in [0.2, 0.25) is 0 Å². The van der Waals surface area contributed by atoms with Crippen molar-refractivity contribution in [3.05, 3.63) is 11.9 Å². The molecule has 1 rings (SSSR count). The Morgan fingerprint density at radius 3 is 2.94 bits per heavy atom. The molecule has 7 nitrogen and oxygen atoms in total. The third-order valence-corrected chi connectivity index (χ3v) is 2.57. The zero-order valence-corrected chi connectivity index (χ0v) is 10.6. The molecule has 1 atom stereocenters. The van der Waals surface area contributed by atoms with Crippen LogP contribution >= 0.6 is 0 Å². The van der Waals surface area contributed by atoms with E-state index in [1.807, 2.05) is 25.9 Å². The molecule has 0 fully saturated rings. The molecule has 0 radical (unpaired) electrons. The highest BCUT2D eigenvalue weighted by Gasteiger charge is 2.12. The first-order valence-electron chi connectivity index (χ1n) is 5.59. The molecule has 0 saturated heterocycles. The smallest absolute Gasteiger partial charge is 0.273 e. The van der Waals surface area contributed by atoms with Crippen LogP contribution in [0.5, 0.6) is 0 Å². The molecule has 0 bridgehead atoms. The van der Waals surface area contributed by atoms with Crippen LogP contribution in [0.4, 0.5) is 0 Å². The van der Waals surface area contributed by atoms with Crippen molar-refractivity contribution in [2.75, 3.05) is 27.2 Å². The Kier molecular flexibility index (Phi) is 5.05. The summed E-state index contributed by atoms with van der Waals surface area (Å²) in [7, 11) is 3.93. The van der Waals surface area contributed by atoms with E-state index < -0.39 is 0 Å². The van der Waals surface area contributed by atoms with E-state index in [4.69, 9.17) is 5.73 Å². The molecule has 17 heavy (non-hydrogen) atoms. The van der Waals surface area contributed by atoms with Crippen molar-refractivity contribution in [2.45, 2.75) is 19.5 Å². The predicted molar refractivity (Wildman–Crippen MR) is 64.6 cm³/mol. The number of nitrogens with zero attached hydrogens (tertiary/aromatic N) is 4. The number of likely N-dealkylation sites (N-methyl/N-ethyl adjacent to an activating group) is 1. The second-order valence-electron chi connectivity index (χ2n) is 4.18. The van der Waals surface area contributed by atoms with Crippen LogP contribution in [0.3, 0.4) is 0 Å². The summed E-state index contributed by atoms with van der Waals surface area (Å²) in [5.41, 5.74) is 5.71. The minimum absolute atomic E-state index is 0.207. The lowest BCUT2D eigenvalue weighted by atomic mass is 10.3. The van der Waals surface area contributed by atoms with Crippen molar-refractivity contribution in [3.63, 3.8) is 0 Å². The zero-order valence-electron chi connectivity index (χ0n) is 10.6. The number of aromatic nitrogens is 3. The fourth-order valence-corrected chi connectivity index (χ4v) is 1.16. The summed E-state index contributed by atoms with van der Waals surface area (Å²) in [6.45, 7) is 3.65. The van der Waals surface area contributed by atoms with Gasteiger partial charge < -0.3 is 16.0 Å². The minimum Gasteiger partial charge on any atom is -0.349 e. The van der Waals surface area contributed by atoms with Gasteiger partial charge in [-0.05, 0) is 21.0 Å². The first kappa shape index (κ1) is 13.6. The van der Waals surface area contributed by atoms with Crippen molar-refractivity contribution < 1.29 is 4.79 Å². The second-order valence-corrected chi connectivity index (χ2v) is 4.18. The summed E-state index contributed by atoms with van der Waals surface area (Å²) in [4.78, 5) is 13.7. The molecule has 1 aromatic heterocycles. The molecule has 7 heteroatoms. The minimum atomic E-state index is -0.207. The molecule has 96 valence electrons. The Hall–Kier alpha value is -1.47. The van der Waals surface area contributed by atoms with E-state index in [1.54, 1.807) is 10.9 Å². The molecule has 0 aromatic carbocycles. The fourth-order valence-electron chi connectivity index (χ4n) is 1.16. The fraction of sp³-hybridized carbons (Fsp3) is 0.700. The van der Waals surface area contributed by atoms with E-state index >= 15 is 0 Å². The molecule has 1 aromatic rings. The SMILES string of the molecule is CC(CNC(=O)c1cn(CCN)nn1)N(C)C. The molecule has 0 aliphatic carbocycles. The van der Waals surface area contributed by atoms with Gasteiger partial charge in [-0.3, -0.25) is 9.48 Å². The van der Waals surface area contributed by atoms with Gasteiger partial charge in [0.1, 0.15) is 0 Å². The highest BCUT2D eigenvalue weighted by molar-refractivity contribution is 5.91. The largest absolute Gasteiger partial charge is 0.349 e. The van der Waals surface area contributed by atoms with Crippen molar-refractivity contribution in [3.8, 4) is 0 Å². The quantitative estimate of drug-likeness (QED) is 0.660. The van der Waals surface area contributed by atoms with Crippen LogP contribution < -0.4 is 11.1 Å². The van der Waals surface area contributed by atoms with E-state index in [1.165, 1.54) is 0 Å². The molecular weight excluding hydrogens is 220 g/mol. The molecule has 0 aliphatic rings. The Labute approximate surface area is 101 Å². The Morgan fingerprint density at radius 2 is 2.35 bits per heavy atom. The molecular formula is C10H20N6O. The summed E-state index contributed by atoms with van der Waals surface area (Å²) >= 11 is 0. The van der Waals surface area contributed by atoms with Gasteiger partial charge in [-0.1, -0.05) is 5.21 Å². The van der Waals surface area contributed by atoms with Crippen molar-refractivity contribution in [1.82, 2.24) is 25.2 Å². The lowest BCUT2D eigenvalue weighted by Gasteiger charge is -2.19. The number of hydrogen-bond donors (Lipinski definition) is 2. The van der Waals surface area contributed by atoms with E-state index in [0.717, 1.165) is 0 Å². The monoisotopic (exact) mass is 240 g/mol. The normalized spacial score (nSPS) is 12.8. The van der Waals surface area contributed by atoms with E-state index in [0.29, 0.717) is 25.3 Å². The van der Waals surface area contributed by atoms with E-state index in [-0.39, 0.29) is 11.9 Å². The van der Waals surface area contributed by atoms with Gasteiger partial charge in [0.05, 0.1) is 12.7 Å². The number of nitrogens with two attached hydrogens (primary N) is 1. The van der Waals surface area contributed by atoms with Gasteiger partial charge in [-0.15, -0.1) is 5.10 Å². The predicted octanol–water partition coefficient (Wildman–Crippen LogP) is -1.08. The summed E-state index contributed by atoms with van der Waals surface area (Å²) in [6, 6.07) is 0.276. The van der Waals surface area contributed by atoms with Gasteiger partial charge >= 0.3 is 0 Å². The van der Waals surface area contributed by atoms with Gasteiger partial charge in [0.15, 0.2) is 5.69 Å². The lowest BCUT2D eigenvalue weighted by molar-refractivity contribution is 0.0938. The summed E-state index contributed by atoms with van der Waals surface area (Å²) in [5.74, 6) is -0.207. The van der Waals surface area contributed by atoms with Crippen LogP contribution in [0.25, 0.3) is 0 Å². The zero-order chi connectivity index (χ0) is 12.8. The summed E-state index contributed by atoms with van der Waals surface area (Å²) < 4.78 is 1.56. The van der Waals surface area contributed by atoms with Gasteiger partial charge in [0.2, 0.25) is 0 Å². The first-order chi connectivity index (χ1) is 8.04. The van der Waals surface area contributed by atoms with Crippen molar-refractivity contribution in [1.29, 1.82) is 0 Å². The van der Waals surface area contributed by atoms with Gasteiger partial charge in [0, 0.05) is 19.1 Å².